The van der Waals surface area contributed by atoms with Gasteiger partial charge in [-0.2, -0.15) is 5.10 Å². The minimum absolute atomic E-state index is 0.140. The standard InChI is InChI=1S/C31H32N2O5/c1-4-36-29(34)31(3,30(35)37-5-2)27-21-33(32-28(27)25-14-10-7-11-15-25)20-23-16-18-26(19-17-23)38-22-24-12-8-6-9-13-24/h6-19,21H,4-5,20,22H2,1-3H3. The Labute approximate surface area is 223 Å². The maximum absolute atomic E-state index is 13.2. The van der Waals surface area contributed by atoms with Gasteiger partial charge < -0.3 is 14.2 Å². The number of hydrogen-bond donors (Lipinski definition) is 0. The molecule has 7 nitrogen and oxygen atoms in total. The first-order chi connectivity index (χ1) is 18.5. The predicted molar refractivity (Wildman–Crippen MR) is 145 cm³/mol. The topological polar surface area (TPSA) is 79.7 Å². The van der Waals surface area contributed by atoms with Crippen molar-refractivity contribution in [2.45, 2.75) is 39.3 Å². The molecule has 7 heteroatoms. The van der Waals surface area contributed by atoms with Crippen LogP contribution in [0.3, 0.4) is 0 Å². The van der Waals surface area contributed by atoms with Crippen molar-refractivity contribution in [1.82, 2.24) is 9.78 Å². The van der Waals surface area contributed by atoms with Crippen LogP contribution in [0.5, 0.6) is 5.75 Å². The number of benzene rings is 3. The molecule has 0 saturated heterocycles. The summed E-state index contributed by atoms with van der Waals surface area (Å²) in [7, 11) is 0. The van der Waals surface area contributed by atoms with Crippen LogP contribution in [0.1, 0.15) is 37.5 Å². The zero-order valence-electron chi connectivity index (χ0n) is 21.9. The highest BCUT2D eigenvalue weighted by Crippen LogP contribution is 2.35. The van der Waals surface area contributed by atoms with Crippen molar-refractivity contribution in [3.8, 4) is 17.0 Å². The highest BCUT2D eigenvalue weighted by molar-refractivity contribution is 6.07. The van der Waals surface area contributed by atoms with E-state index in [0.29, 0.717) is 24.4 Å². The van der Waals surface area contributed by atoms with Crippen LogP contribution in [-0.2, 0) is 37.6 Å². The van der Waals surface area contributed by atoms with Gasteiger partial charge in [0.15, 0.2) is 5.41 Å². The highest BCUT2D eigenvalue weighted by Gasteiger charge is 2.49. The molecule has 0 aliphatic heterocycles. The quantitative estimate of drug-likeness (QED) is 0.193. The van der Waals surface area contributed by atoms with Gasteiger partial charge in [0.25, 0.3) is 0 Å². The Kier molecular flexibility index (Phi) is 8.58. The third kappa shape index (κ3) is 5.94. The molecule has 3 aromatic carbocycles. The molecular formula is C31H32N2O5. The van der Waals surface area contributed by atoms with E-state index in [0.717, 1.165) is 22.4 Å². The van der Waals surface area contributed by atoms with E-state index in [4.69, 9.17) is 19.3 Å². The van der Waals surface area contributed by atoms with E-state index in [9.17, 15) is 9.59 Å². The molecule has 4 aromatic rings. The van der Waals surface area contributed by atoms with Crippen molar-refractivity contribution < 1.29 is 23.8 Å². The van der Waals surface area contributed by atoms with E-state index in [2.05, 4.69) is 0 Å². The summed E-state index contributed by atoms with van der Waals surface area (Å²) in [6.07, 6.45) is 1.73. The Balaban J connectivity index is 1.64. The van der Waals surface area contributed by atoms with Crippen LogP contribution in [-0.4, -0.2) is 34.9 Å². The molecule has 0 atom stereocenters. The van der Waals surface area contributed by atoms with Crippen molar-refractivity contribution in [2.75, 3.05) is 13.2 Å². The molecule has 1 heterocycles. The minimum atomic E-state index is -1.68. The first-order valence-corrected chi connectivity index (χ1v) is 12.7. The monoisotopic (exact) mass is 512 g/mol. The zero-order valence-corrected chi connectivity index (χ0v) is 21.9. The molecule has 0 amide bonds. The molecule has 0 aliphatic rings. The second-order valence-corrected chi connectivity index (χ2v) is 8.94. The molecule has 0 aliphatic carbocycles. The smallest absolute Gasteiger partial charge is 0.327 e. The lowest BCUT2D eigenvalue weighted by molar-refractivity contribution is -0.163. The van der Waals surface area contributed by atoms with Crippen molar-refractivity contribution >= 4 is 11.9 Å². The number of carbonyl (C=O) groups excluding carboxylic acids is 2. The van der Waals surface area contributed by atoms with Gasteiger partial charge in [0.05, 0.1) is 25.5 Å². The lowest BCUT2D eigenvalue weighted by Gasteiger charge is -2.25. The third-order valence-electron chi connectivity index (χ3n) is 6.23. The number of carbonyl (C=O) groups is 2. The highest BCUT2D eigenvalue weighted by atomic mass is 16.6. The summed E-state index contributed by atoms with van der Waals surface area (Å²) in [5.41, 5.74) is 2.15. The fourth-order valence-corrected chi connectivity index (χ4v) is 4.15. The Morgan fingerprint density at radius 3 is 1.95 bits per heavy atom. The first-order valence-electron chi connectivity index (χ1n) is 12.7. The van der Waals surface area contributed by atoms with Crippen molar-refractivity contribution in [2.24, 2.45) is 0 Å². The zero-order chi connectivity index (χ0) is 27.0. The van der Waals surface area contributed by atoms with Crippen molar-refractivity contribution in [3.63, 3.8) is 0 Å². The summed E-state index contributed by atoms with van der Waals surface area (Å²) >= 11 is 0. The molecule has 0 radical (unpaired) electrons. The van der Waals surface area contributed by atoms with Crippen molar-refractivity contribution in [3.05, 3.63) is 108 Å². The Morgan fingerprint density at radius 2 is 1.37 bits per heavy atom. The normalized spacial score (nSPS) is 11.1. The first kappa shape index (κ1) is 26.7. The largest absolute Gasteiger partial charge is 0.489 e. The average molecular weight is 513 g/mol. The maximum Gasteiger partial charge on any atom is 0.327 e. The molecule has 0 N–H and O–H groups in total. The van der Waals surface area contributed by atoms with Gasteiger partial charge in [-0.25, -0.2) is 0 Å². The van der Waals surface area contributed by atoms with Crippen LogP contribution >= 0.6 is 0 Å². The molecule has 0 saturated carbocycles. The average Bonchev–Trinajstić information content (AvgIpc) is 3.37. The van der Waals surface area contributed by atoms with Crippen LogP contribution in [0.25, 0.3) is 11.3 Å². The van der Waals surface area contributed by atoms with Gasteiger partial charge in [0.1, 0.15) is 12.4 Å². The molecule has 1 aromatic heterocycles. The van der Waals surface area contributed by atoms with Crippen LogP contribution < -0.4 is 4.74 Å². The van der Waals surface area contributed by atoms with Gasteiger partial charge in [0.2, 0.25) is 0 Å². The lowest BCUT2D eigenvalue weighted by atomic mass is 9.81. The van der Waals surface area contributed by atoms with Gasteiger partial charge in [-0.05, 0) is 44.0 Å². The molecular weight excluding hydrogens is 480 g/mol. The van der Waals surface area contributed by atoms with E-state index in [-0.39, 0.29) is 13.2 Å². The molecule has 0 fully saturated rings. The summed E-state index contributed by atoms with van der Waals surface area (Å²) in [6, 6.07) is 27.2. The predicted octanol–water partition coefficient (Wildman–Crippen LogP) is 5.56. The van der Waals surface area contributed by atoms with Crippen LogP contribution in [0, 0.1) is 0 Å². The van der Waals surface area contributed by atoms with Gasteiger partial charge >= 0.3 is 11.9 Å². The third-order valence-corrected chi connectivity index (χ3v) is 6.23. The number of nitrogens with zero attached hydrogens (tertiary/aromatic N) is 2. The van der Waals surface area contributed by atoms with Gasteiger partial charge in [0, 0.05) is 17.3 Å². The Morgan fingerprint density at radius 1 is 0.789 bits per heavy atom. The summed E-state index contributed by atoms with van der Waals surface area (Å²) in [4.78, 5) is 26.3. The van der Waals surface area contributed by atoms with Crippen LogP contribution in [0.2, 0.25) is 0 Å². The molecule has 38 heavy (non-hydrogen) atoms. The molecule has 196 valence electrons. The number of esters is 2. The SMILES string of the molecule is CCOC(=O)C(C)(C(=O)OCC)c1cn(Cc2ccc(OCc3ccccc3)cc2)nc1-c1ccccc1. The molecule has 0 bridgehead atoms. The second kappa shape index (κ2) is 12.2. The second-order valence-electron chi connectivity index (χ2n) is 8.94. The summed E-state index contributed by atoms with van der Waals surface area (Å²) in [5.74, 6) is -0.578. The number of ether oxygens (including phenoxy) is 3. The maximum atomic E-state index is 13.2. The molecule has 4 rings (SSSR count). The fraction of sp³-hybridized carbons (Fsp3) is 0.258. The van der Waals surface area contributed by atoms with Crippen LogP contribution in [0.4, 0.5) is 0 Å². The van der Waals surface area contributed by atoms with E-state index in [1.807, 2.05) is 84.9 Å². The number of hydrogen-bond acceptors (Lipinski definition) is 6. The van der Waals surface area contributed by atoms with Gasteiger partial charge in [-0.15, -0.1) is 0 Å². The van der Waals surface area contributed by atoms with E-state index in [1.54, 1.807) is 24.7 Å². The Bertz CT molecular complexity index is 1330. The van der Waals surface area contributed by atoms with Gasteiger partial charge in [-0.1, -0.05) is 72.8 Å². The number of aromatic nitrogens is 2. The Hall–Kier alpha value is -4.39. The summed E-state index contributed by atoms with van der Waals surface area (Å²) < 4.78 is 18.3. The molecule has 0 spiro atoms. The van der Waals surface area contributed by atoms with E-state index >= 15 is 0 Å². The number of rotatable bonds is 11. The van der Waals surface area contributed by atoms with E-state index in [1.165, 1.54) is 6.92 Å². The summed E-state index contributed by atoms with van der Waals surface area (Å²) in [5, 5.41) is 4.80. The van der Waals surface area contributed by atoms with E-state index < -0.39 is 17.4 Å². The summed E-state index contributed by atoms with van der Waals surface area (Å²) in [6.45, 7) is 6.15. The van der Waals surface area contributed by atoms with Crippen molar-refractivity contribution in [1.29, 1.82) is 0 Å². The van der Waals surface area contributed by atoms with Gasteiger partial charge in [-0.3, -0.25) is 14.3 Å². The minimum Gasteiger partial charge on any atom is -0.489 e. The van der Waals surface area contributed by atoms with Crippen LogP contribution in [0.15, 0.2) is 91.1 Å². The lowest BCUT2D eigenvalue weighted by Crippen LogP contribution is -2.43. The molecule has 0 unspecified atom stereocenters. The fourth-order valence-electron chi connectivity index (χ4n) is 4.15.